The summed E-state index contributed by atoms with van der Waals surface area (Å²) in [6.07, 6.45) is 7.69. The number of nitrogens with zero attached hydrogens (tertiary/aromatic N) is 6. The van der Waals surface area contributed by atoms with E-state index in [1.807, 2.05) is 42.8 Å². The zero-order valence-corrected chi connectivity index (χ0v) is 20.3. The van der Waals surface area contributed by atoms with Crippen LogP contribution in [-0.2, 0) is 14.1 Å². The summed E-state index contributed by atoms with van der Waals surface area (Å²) < 4.78 is 31.4. The monoisotopic (exact) mass is 470 g/mol. The number of benzene rings is 1. The van der Waals surface area contributed by atoms with Crippen LogP contribution in [0.4, 0.5) is 4.39 Å². The fourth-order valence-electron chi connectivity index (χ4n) is 4.22. The Morgan fingerprint density at radius 3 is 2.49 bits per heavy atom. The molecule has 0 amide bonds. The fraction of sp³-hybridized carbons (Fsp3) is 0.182. The van der Waals surface area contributed by atoms with Gasteiger partial charge in [-0.05, 0) is 6.07 Å². The molecular formula is C22H22B3FN6O3. The van der Waals surface area contributed by atoms with Crippen molar-refractivity contribution in [3.05, 3.63) is 59.4 Å². The molecule has 4 aromatic heterocycles. The first kappa shape index (κ1) is 22.8. The largest absolute Gasteiger partial charge is 0.510 e. The van der Waals surface area contributed by atoms with Gasteiger partial charge in [0.25, 0.3) is 0 Å². The van der Waals surface area contributed by atoms with Crippen LogP contribution >= 0.6 is 0 Å². The highest BCUT2D eigenvalue weighted by atomic mass is 19.1. The standard InChI is InChI=1S/C22H22B3FN6O3/c1-30-10-11(6-29-30)12-4-13-15(5-17(12)34-3)28-8-16-19(13)32(21(33)31(16)2)20-14(26)7-27-9-18(20)35-22(23,24)25/h4-10H,23-25H2,1-3H3. The lowest BCUT2D eigenvalue weighted by molar-refractivity contribution is 0.314. The maximum atomic E-state index is 15.3. The number of pyridine rings is 2. The molecule has 0 atom stereocenters. The first-order valence-corrected chi connectivity index (χ1v) is 11.0. The molecule has 0 radical (unpaired) electrons. The second kappa shape index (κ2) is 8.04. The number of hydrogen-bond donors (Lipinski definition) is 0. The smallest absolute Gasteiger partial charge is 0.333 e. The third-order valence-corrected chi connectivity index (χ3v) is 5.70. The van der Waals surface area contributed by atoms with Gasteiger partial charge in [0.15, 0.2) is 11.6 Å². The molecule has 0 fully saturated rings. The van der Waals surface area contributed by atoms with Gasteiger partial charge in [-0.15, -0.1) is 0 Å². The van der Waals surface area contributed by atoms with Gasteiger partial charge in [0, 0.05) is 48.2 Å². The van der Waals surface area contributed by atoms with Crippen molar-refractivity contribution < 1.29 is 13.9 Å². The summed E-state index contributed by atoms with van der Waals surface area (Å²) in [7, 11) is 10.6. The van der Waals surface area contributed by atoms with Crippen LogP contribution in [0.15, 0.2) is 47.9 Å². The Bertz CT molecular complexity index is 1670. The van der Waals surface area contributed by atoms with Crippen molar-refractivity contribution >= 4 is 45.5 Å². The van der Waals surface area contributed by atoms with Crippen LogP contribution in [0.3, 0.4) is 0 Å². The van der Waals surface area contributed by atoms with Gasteiger partial charge >= 0.3 is 5.69 Å². The maximum absolute atomic E-state index is 15.3. The van der Waals surface area contributed by atoms with Crippen molar-refractivity contribution in [2.75, 3.05) is 7.11 Å². The van der Waals surface area contributed by atoms with Gasteiger partial charge < -0.3 is 9.47 Å². The predicted molar refractivity (Wildman–Crippen MR) is 139 cm³/mol. The minimum Gasteiger partial charge on any atom is -0.510 e. The van der Waals surface area contributed by atoms with Gasteiger partial charge in [0.2, 0.25) is 0 Å². The summed E-state index contributed by atoms with van der Waals surface area (Å²) in [6, 6.07) is 3.69. The molecule has 0 aliphatic carbocycles. The van der Waals surface area contributed by atoms with Crippen LogP contribution < -0.4 is 15.2 Å². The van der Waals surface area contributed by atoms with E-state index in [9.17, 15) is 4.79 Å². The number of rotatable bonds is 5. The van der Waals surface area contributed by atoms with Gasteiger partial charge in [0.1, 0.15) is 35.0 Å². The Hall–Kier alpha value is -4.02. The van der Waals surface area contributed by atoms with E-state index in [0.717, 1.165) is 17.3 Å². The van der Waals surface area contributed by atoms with E-state index in [1.165, 1.54) is 15.3 Å². The first-order valence-electron chi connectivity index (χ1n) is 11.0. The second-order valence-corrected chi connectivity index (χ2v) is 9.32. The molecule has 174 valence electrons. The van der Waals surface area contributed by atoms with E-state index in [2.05, 4.69) is 15.1 Å². The zero-order chi connectivity index (χ0) is 25.1. The zero-order valence-electron chi connectivity index (χ0n) is 20.3. The Morgan fingerprint density at radius 2 is 1.83 bits per heavy atom. The summed E-state index contributed by atoms with van der Waals surface area (Å²) in [5.74, 6) is 0.0967. The number of imidazole rings is 1. The van der Waals surface area contributed by atoms with Crippen molar-refractivity contribution in [3.8, 4) is 28.3 Å². The average molecular weight is 470 g/mol. The lowest BCUT2D eigenvalue weighted by Gasteiger charge is -2.23. The van der Waals surface area contributed by atoms with Crippen LogP contribution in [0.25, 0.3) is 38.8 Å². The number of hydrogen-bond acceptors (Lipinski definition) is 6. The van der Waals surface area contributed by atoms with E-state index in [1.54, 1.807) is 37.3 Å². The highest BCUT2D eigenvalue weighted by Gasteiger charge is 2.25. The van der Waals surface area contributed by atoms with Gasteiger partial charge in [-0.1, -0.05) is 0 Å². The Balaban J connectivity index is 1.92. The molecule has 9 nitrogen and oxygen atoms in total. The molecule has 13 heteroatoms. The number of ether oxygens (including phenoxy) is 2. The molecular weight excluding hydrogens is 448 g/mol. The topological polar surface area (TPSA) is 89.0 Å². The SMILES string of the molecule is BC(B)(B)Oc1cncc(F)c1-n1c(=O)n(C)c2cnc3cc(OC)c(-c4cnn(C)c4)cc3c21. The minimum atomic E-state index is -0.674. The molecule has 0 N–H and O–H groups in total. The van der Waals surface area contributed by atoms with Crippen LogP contribution in [0.2, 0.25) is 0 Å². The molecule has 5 aromatic rings. The molecule has 0 spiro atoms. The third-order valence-electron chi connectivity index (χ3n) is 5.70. The van der Waals surface area contributed by atoms with E-state index in [4.69, 9.17) is 9.47 Å². The Labute approximate surface area is 202 Å². The highest BCUT2D eigenvalue weighted by Crippen LogP contribution is 2.37. The molecule has 0 saturated heterocycles. The normalized spacial score (nSPS) is 11.9. The quantitative estimate of drug-likeness (QED) is 0.329. The first-order chi connectivity index (χ1) is 16.6. The van der Waals surface area contributed by atoms with Gasteiger partial charge in [-0.2, -0.15) is 5.10 Å². The van der Waals surface area contributed by atoms with E-state index >= 15 is 4.39 Å². The van der Waals surface area contributed by atoms with Crippen molar-refractivity contribution in [1.29, 1.82) is 0 Å². The van der Waals surface area contributed by atoms with Gasteiger partial charge in [-0.25, -0.2) is 9.18 Å². The minimum absolute atomic E-state index is 0.00299. The van der Waals surface area contributed by atoms with Crippen molar-refractivity contribution in [3.63, 3.8) is 0 Å². The van der Waals surface area contributed by atoms with Crippen LogP contribution in [-0.4, -0.2) is 64.8 Å². The summed E-state index contributed by atoms with van der Waals surface area (Å²) in [4.78, 5) is 22.0. The molecule has 0 saturated carbocycles. The Morgan fingerprint density at radius 1 is 1.06 bits per heavy atom. The van der Waals surface area contributed by atoms with Crippen molar-refractivity contribution in [2.45, 2.75) is 5.30 Å². The number of methoxy groups -OCH3 is 1. The molecule has 4 heterocycles. The molecule has 0 aliphatic heterocycles. The number of aryl methyl sites for hydroxylation is 2. The molecule has 0 unspecified atom stereocenters. The number of aromatic nitrogens is 6. The van der Waals surface area contributed by atoms with Crippen molar-refractivity contribution in [2.24, 2.45) is 14.1 Å². The molecule has 35 heavy (non-hydrogen) atoms. The van der Waals surface area contributed by atoms with Crippen molar-refractivity contribution in [1.82, 2.24) is 28.9 Å². The molecule has 1 aromatic carbocycles. The number of halogens is 1. The third kappa shape index (κ3) is 3.76. The average Bonchev–Trinajstić information content (AvgIpc) is 3.34. The highest BCUT2D eigenvalue weighted by molar-refractivity contribution is 6.58. The molecule has 5 rings (SSSR count). The lowest BCUT2D eigenvalue weighted by Crippen LogP contribution is -2.38. The lowest BCUT2D eigenvalue weighted by atomic mass is 9.52. The predicted octanol–water partition coefficient (Wildman–Crippen LogP) is -0.290. The van der Waals surface area contributed by atoms with E-state index < -0.39 is 16.8 Å². The summed E-state index contributed by atoms with van der Waals surface area (Å²) in [5, 5.41) is 4.28. The fourth-order valence-corrected chi connectivity index (χ4v) is 4.22. The second-order valence-electron chi connectivity index (χ2n) is 9.32. The van der Waals surface area contributed by atoms with Crippen LogP contribution in [0, 0.1) is 5.82 Å². The van der Waals surface area contributed by atoms with E-state index in [0.29, 0.717) is 27.7 Å². The summed E-state index contributed by atoms with van der Waals surface area (Å²) in [5.41, 5.74) is 2.80. The van der Waals surface area contributed by atoms with E-state index in [-0.39, 0.29) is 11.4 Å². The summed E-state index contributed by atoms with van der Waals surface area (Å²) >= 11 is 0. The Kier molecular flexibility index (Phi) is 5.23. The van der Waals surface area contributed by atoms with Crippen LogP contribution in [0.1, 0.15) is 0 Å². The molecule has 0 bridgehead atoms. The molecule has 0 aliphatic rings. The van der Waals surface area contributed by atoms with Crippen LogP contribution in [0.5, 0.6) is 11.5 Å². The van der Waals surface area contributed by atoms with Gasteiger partial charge in [0.05, 0.1) is 48.4 Å². The number of fused-ring (bicyclic) bond motifs is 3. The van der Waals surface area contributed by atoms with Gasteiger partial charge in [-0.3, -0.25) is 23.8 Å². The summed E-state index contributed by atoms with van der Waals surface area (Å²) in [6.45, 7) is 0. The maximum Gasteiger partial charge on any atom is 0.333 e.